The van der Waals surface area contributed by atoms with E-state index in [0.717, 1.165) is 30.5 Å². The van der Waals surface area contributed by atoms with Gasteiger partial charge in [0.25, 0.3) is 0 Å². The fourth-order valence-electron chi connectivity index (χ4n) is 2.76. The average Bonchev–Trinajstić information content (AvgIpc) is 3.23. The Morgan fingerprint density at radius 1 is 1.45 bits per heavy atom. The predicted molar refractivity (Wildman–Crippen MR) is 81.9 cm³/mol. The van der Waals surface area contributed by atoms with E-state index in [1.165, 1.54) is 18.5 Å². The molecule has 0 aliphatic heterocycles. The molecule has 1 saturated carbocycles. The first kappa shape index (κ1) is 13.6. The van der Waals surface area contributed by atoms with Gasteiger partial charge in [-0.1, -0.05) is 6.07 Å². The van der Waals surface area contributed by atoms with Gasteiger partial charge < -0.3 is 9.72 Å². The van der Waals surface area contributed by atoms with Gasteiger partial charge in [0.1, 0.15) is 5.65 Å². The van der Waals surface area contributed by atoms with Crippen molar-refractivity contribution in [3.05, 3.63) is 35.8 Å². The van der Waals surface area contributed by atoms with Crippen LogP contribution < -0.4 is 5.32 Å². The van der Waals surface area contributed by atoms with Crippen molar-refractivity contribution in [3.8, 4) is 0 Å². The summed E-state index contributed by atoms with van der Waals surface area (Å²) in [6, 6.07) is 7.55. The molecule has 1 unspecified atom stereocenters. The van der Waals surface area contributed by atoms with Gasteiger partial charge in [0.2, 0.25) is 0 Å². The number of nitrogens with one attached hydrogen (secondary N) is 1. The second kappa shape index (κ2) is 5.54. The Labute approximate surface area is 120 Å². The van der Waals surface area contributed by atoms with Gasteiger partial charge >= 0.3 is 0 Å². The minimum atomic E-state index is 0.585. The molecule has 0 bridgehead atoms. The third-order valence-corrected chi connectivity index (χ3v) is 4.38. The van der Waals surface area contributed by atoms with Crippen LogP contribution in [0.4, 0.5) is 0 Å². The van der Waals surface area contributed by atoms with Crippen LogP contribution in [0.2, 0.25) is 0 Å². The normalized spacial score (nSPS) is 17.0. The molecule has 2 aromatic heterocycles. The molecule has 4 nitrogen and oxygen atoms in total. The molecule has 0 saturated heterocycles. The van der Waals surface area contributed by atoms with E-state index in [1.807, 2.05) is 6.07 Å². The highest BCUT2D eigenvalue weighted by atomic mass is 15.2. The summed E-state index contributed by atoms with van der Waals surface area (Å²) in [6.45, 7) is 6.28. The molecule has 0 amide bonds. The molecule has 20 heavy (non-hydrogen) atoms. The lowest BCUT2D eigenvalue weighted by Gasteiger charge is -2.24. The summed E-state index contributed by atoms with van der Waals surface area (Å²) in [5.41, 5.74) is 3.42. The first-order valence-electron chi connectivity index (χ1n) is 7.52. The third kappa shape index (κ3) is 2.72. The van der Waals surface area contributed by atoms with E-state index < -0.39 is 0 Å². The Hall–Kier alpha value is -1.39. The van der Waals surface area contributed by atoms with E-state index in [4.69, 9.17) is 0 Å². The molecule has 2 heterocycles. The summed E-state index contributed by atoms with van der Waals surface area (Å²) in [6.07, 6.45) is 4.83. The van der Waals surface area contributed by atoms with Crippen molar-refractivity contribution in [2.75, 3.05) is 13.6 Å². The largest absolute Gasteiger partial charge is 0.310 e. The molecule has 1 N–H and O–H groups in total. The van der Waals surface area contributed by atoms with E-state index in [1.54, 1.807) is 0 Å². The van der Waals surface area contributed by atoms with Crippen molar-refractivity contribution in [1.29, 1.82) is 0 Å². The van der Waals surface area contributed by atoms with Crippen LogP contribution in [0.15, 0.2) is 24.4 Å². The molecule has 2 aromatic rings. The number of aromatic nitrogens is 2. The maximum Gasteiger partial charge on any atom is 0.137 e. The maximum atomic E-state index is 4.60. The third-order valence-electron chi connectivity index (χ3n) is 4.38. The lowest BCUT2D eigenvalue weighted by Crippen LogP contribution is -2.39. The minimum absolute atomic E-state index is 0.585. The highest BCUT2D eigenvalue weighted by Gasteiger charge is 2.28. The number of aryl methyl sites for hydroxylation is 1. The van der Waals surface area contributed by atoms with Crippen molar-refractivity contribution in [2.45, 2.75) is 45.3 Å². The Morgan fingerprint density at radius 2 is 2.25 bits per heavy atom. The topological polar surface area (TPSA) is 32.6 Å². The van der Waals surface area contributed by atoms with Gasteiger partial charge in [-0.15, -0.1) is 0 Å². The molecule has 1 fully saturated rings. The number of imidazole rings is 1. The van der Waals surface area contributed by atoms with Crippen LogP contribution in [0.1, 0.15) is 31.2 Å². The predicted octanol–water partition coefficient (Wildman–Crippen LogP) is 2.22. The van der Waals surface area contributed by atoms with Gasteiger partial charge in [0.15, 0.2) is 0 Å². The van der Waals surface area contributed by atoms with E-state index >= 15 is 0 Å². The van der Waals surface area contributed by atoms with Crippen molar-refractivity contribution in [1.82, 2.24) is 19.6 Å². The van der Waals surface area contributed by atoms with Gasteiger partial charge in [-0.05, 0) is 45.9 Å². The quantitative estimate of drug-likeness (QED) is 0.875. The smallest absolute Gasteiger partial charge is 0.137 e. The monoisotopic (exact) mass is 272 g/mol. The highest BCUT2D eigenvalue weighted by Crippen LogP contribution is 2.26. The zero-order valence-corrected chi connectivity index (χ0v) is 12.6. The number of likely N-dealkylation sites (N-methyl/N-ethyl adjacent to an activating group) is 1. The molecule has 108 valence electrons. The highest BCUT2D eigenvalue weighted by molar-refractivity contribution is 5.42. The van der Waals surface area contributed by atoms with E-state index in [9.17, 15) is 0 Å². The first-order valence-corrected chi connectivity index (χ1v) is 7.52. The molecule has 0 aromatic carbocycles. The summed E-state index contributed by atoms with van der Waals surface area (Å²) in [7, 11) is 2.24. The fourth-order valence-corrected chi connectivity index (χ4v) is 2.76. The van der Waals surface area contributed by atoms with E-state index in [0.29, 0.717) is 6.04 Å². The zero-order chi connectivity index (χ0) is 14.1. The standard InChI is InChI=1S/C16H24N4/c1-12(19(3)14-7-8-14)10-17-11-15-13(2)18-16-6-4-5-9-20(15)16/h4-6,9,12,14,17H,7-8,10-11H2,1-3H3. The second-order valence-corrected chi connectivity index (χ2v) is 5.95. The molecule has 1 aliphatic carbocycles. The van der Waals surface area contributed by atoms with Gasteiger partial charge in [-0.3, -0.25) is 4.90 Å². The molecule has 0 radical (unpaired) electrons. The van der Waals surface area contributed by atoms with Crippen LogP contribution >= 0.6 is 0 Å². The number of nitrogens with zero attached hydrogens (tertiary/aromatic N) is 3. The molecule has 1 aliphatic rings. The molecular formula is C16H24N4. The van der Waals surface area contributed by atoms with Crippen molar-refractivity contribution >= 4 is 5.65 Å². The van der Waals surface area contributed by atoms with Gasteiger partial charge in [-0.2, -0.15) is 0 Å². The summed E-state index contributed by atoms with van der Waals surface area (Å²) >= 11 is 0. The summed E-state index contributed by atoms with van der Waals surface area (Å²) < 4.78 is 2.18. The van der Waals surface area contributed by atoms with Crippen molar-refractivity contribution in [2.24, 2.45) is 0 Å². The molecule has 0 spiro atoms. The Kier molecular flexibility index (Phi) is 3.76. The lowest BCUT2D eigenvalue weighted by molar-refractivity contribution is 0.240. The summed E-state index contributed by atoms with van der Waals surface area (Å²) in [5, 5.41) is 3.58. The van der Waals surface area contributed by atoms with Crippen LogP contribution in [-0.4, -0.2) is 40.0 Å². The van der Waals surface area contributed by atoms with Gasteiger partial charge in [-0.25, -0.2) is 4.98 Å². The first-order chi connectivity index (χ1) is 9.66. The van der Waals surface area contributed by atoms with Crippen LogP contribution in [0.3, 0.4) is 0 Å². The number of pyridine rings is 1. The number of rotatable bonds is 6. The number of fused-ring (bicyclic) bond motifs is 1. The van der Waals surface area contributed by atoms with Gasteiger partial charge in [0, 0.05) is 31.4 Å². The van der Waals surface area contributed by atoms with Crippen molar-refractivity contribution in [3.63, 3.8) is 0 Å². The summed E-state index contributed by atoms with van der Waals surface area (Å²) in [5.74, 6) is 0. The maximum absolute atomic E-state index is 4.60. The van der Waals surface area contributed by atoms with E-state index in [2.05, 4.69) is 58.8 Å². The van der Waals surface area contributed by atoms with Crippen LogP contribution in [-0.2, 0) is 6.54 Å². The van der Waals surface area contributed by atoms with E-state index in [-0.39, 0.29) is 0 Å². The molecule has 4 heteroatoms. The number of hydrogen-bond acceptors (Lipinski definition) is 3. The Bertz CT molecular complexity index is 585. The molecular weight excluding hydrogens is 248 g/mol. The van der Waals surface area contributed by atoms with Gasteiger partial charge in [0.05, 0.1) is 11.4 Å². The van der Waals surface area contributed by atoms with Crippen molar-refractivity contribution < 1.29 is 0 Å². The van der Waals surface area contributed by atoms with Crippen LogP contribution in [0.25, 0.3) is 5.65 Å². The van der Waals surface area contributed by atoms with Crippen LogP contribution in [0.5, 0.6) is 0 Å². The SMILES string of the molecule is Cc1nc2ccccn2c1CNCC(C)N(C)C1CC1. The molecule has 3 rings (SSSR count). The Balaban J connectivity index is 1.60. The average molecular weight is 272 g/mol. The second-order valence-electron chi connectivity index (χ2n) is 5.95. The lowest BCUT2D eigenvalue weighted by atomic mass is 10.2. The zero-order valence-electron chi connectivity index (χ0n) is 12.6. The number of hydrogen-bond donors (Lipinski definition) is 1. The Morgan fingerprint density at radius 3 is 3.00 bits per heavy atom. The minimum Gasteiger partial charge on any atom is -0.310 e. The van der Waals surface area contributed by atoms with Crippen LogP contribution in [0, 0.1) is 6.92 Å². The molecule has 1 atom stereocenters. The summed E-state index contributed by atoms with van der Waals surface area (Å²) in [4.78, 5) is 7.09. The fraction of sp³-hybridized carbons (Fsp3) is 0.562.